The van der Waals surface area contributed by atoms with Gasteiger partial charge in [0.05, 0.1) is 11.0 Å². The number of para-hydroxylation sites is 2. The SMILES string of the molecule is c1ccc(-c2nc(-c3ccccc3)nc(-c3cccc4oc5ccc6sc7ccc(-n8c9ccccc9c9ccccc98)cc7c6c5c34)n2)cc1. The van der Waals surface area contributed by atoms with Crippen LogP contribution in [0.25, 0.3) is 104 Å². The number of nitrogens with zero attached hydrogens (tertiary/aromatic N) is 4. The number of hydrogen-bond donors (Lipinski definition) is 0. The number of rotatable bonds is 4. The fraction of sp³-hybridized carbons (Fsp3) is 0. The lowest BCUT2D eigenvalue weighted by Crippen LogP contribution is -2.00. The van der Waals surface area contributed by atoms with Gasteiger partial charge in [-0.05, 0) is 48.5 Å². The summed E-state index contributed by atoms with van der Waals surface area (Å²) in [6.07, 6.45) is 0. The molecular formula is C45H26N4OS. The molecule has 0 spiro atoms. The van der Waals surface area contributed by atoms with E-state index in [1.807, 2.05) is 84.1 Å². The van der Waals surface area contributed by atoms with Crippen LogP contribution in [0.1, 0.15) is 0 Å². The smallest absolute Gasteiger partial charge is 0.164 e. The highest BCUT2D eigenvalue weighted by Crippen LogP contribution is 2.46. The lowest BCUT2D eigenvalue weighted by Gasteiger charge is -2.09. The summed E-state index contributed by atoms with van der Waals surface area (Å²) in [7, 11) is 0. The van der Waals surface area contributed by atoms with Crippen molar-refractivity contribution in [2.45, 2.75) is 0 Å². The molecule has 0 unspecified atom stereocenters. The van der Waals surface area contributed by atoms with Crippen molar-refractivity contribution in [3.8, 4) is 39.9 Å². The Bertz CT molecular complexity index is 3030. The lowest BCUT2D eigenvalue weighted by atomic mass is 10.0. The normalized spacial score (nSPS) is 11.9. The Kier molecular flexibility index (Phi) is 6.05. The maximum Gasteiger partial charge on any atom is 0.164 e. The van der Waals surface area contributed by atoms with E-state index in [1.165, 1.54) is 42.0 Å². The summed E-state index contributed by atoms with van der Waals surface area (Å²) in [5.74, 6) is 1.87. The number of aromatic nitrogens is 4. The topological polar surface area (TPSA) is 56.7 Å². The fourth-order valence-electron chi connectivity index (χ4n) is 7.62. The zero-order valence-corrected chi connectivity index (χ0v) is 27.9. The minimum atomic E-state index is 0.610. The van der Waals surface area contributed by atoms with Crippen LogP contribution in [-0.4, -0.2) is 19.5 Å². The second-order valence-corrected chi connectivity index (χ2v) is 13.9. The molecule has 0 bridgehead atoms. The molecule has 6 heteroatoms. The first-order valence-electron chi connectivity index (χ1n) is 16.9. The van der Waals surface area contributed by atoms with Gasteiger partial charge in [0, 0.05) is 64.1 Å². The predicted molar refractivity (Wildman–Crippen MR) is 211 cm³/mol. The molecule has 51 heavy (non-hydrogen) atoms. The van der Waals surface area contributed by atoms with E-state index in [1.54, 1.807) is 0 Å². The summed E-state index contributed by atoms with van der Waals surface area (Å²) < 4.78 is 11.4. The molecule has 7 aromatic carbocycles. The molecule has 238 valence electrons. The number of furan rings is 1. The molecular weight excluding hydrogens is 645 g/mol. The second kappa shape index (κ2) is 10.9. The Balaban J connectivity index is 1.21. The molecule has 0 atom stereocenters. The number of fused-ring (bicyclic) bond motifs is 10. The summed E-state index contributed by atoms with van der Waals surface area (Å²) in [6, 6.07) is 54.8. The average Bonchev–Trinajstić information content (AvgIpc) is 3.87. The van der Waals surface area contributed by atoms with Crippen LogP contribution >= 0.6 is 11.3 Å². The van der Waals surface area contributed by atoms with Gasteiger partial charge >= 0.3 is 0 Å². The van der Waals surface area contributed by atoms with E-state index in [4.69, 9.17) is 19.4 Å². The van der Waals surface area contributed by atoms with Crippen LogP contribution in [0.4, 0.5) is 0 Å². The van der Waals surface area contributed by atoms with Gasteiger partial charge in [-0.2, -0.15) is 0 Å². The predicted octanol–water partition coefficient (Wildman–Crippen LogP) is 12.2. The maximum absolute atomic E-state index is 6.62. The van der Waals surface area contributed by atoms with Crippen molar-refractivity contribution in [1.82, 2.24) is 19.5 Å². The molecule has 0 saturated heterocycles. The largest absolute Gasteiger partial charge is 0.456 e. The zero-order valence-electron chi connectivity index (χ0n) is 27.1. The van der Waals surface area contributed by atoms with Crippen molar-refractivity contribution < 1.29 is 4.42 Å². The molecule has 4 aromatic heterocycles. The van der Waals surface area contributed by atoms with Gasteiger partial charge in [0.15, 0.2) is 17.5 Å². The molecule has 0 aliphatic carbocycles. The van der Waals surface area contributed by atoms with Gasteiger partial charge in [0.25, 0.3) is 0 Å². The Morgan fingerprint density at radius 3 is 1.71 bits per heavy atom. The Hall–Kier alpha value is -6.63. The van der Waals surface area contributed by atoms with E-state index in [-0.39, 0.29) is 0 Å². The van der Waals surface area contributed by atoms with Gasteiger partial charge in [-0.3, -0.25) is 0 Å². The Labute approximate surface area is 295 Å². The second-order valence-electron chi connectivity index (χ2n) is 12.8. The van der Waals surface area contributed by atoms with Gasteiger partial charge in [-0.15, -0.1) is 11.3 Å². The van der Waals surface area contributed by atoms with Crippen LogP contribution in [0.3, 0.4) is 0 Å². The van der Waals surface area contributed by atoms with Crippen molar-refractivity contribution in [1.29, 1.82) is 0 Å². The third kappa shape index (κ3) is 4.30. The summed E-state index contributed by atoms with van der Waals surface area (Å²) in [5.41, 5.74) is 7.94. The van der Waals surface area contributed by atoms with E-state index in [0.717, 1.165) is 44.3 Å². The summed E-state index contributed by atoms with van der Waals surface area (Å²) in [6.45, 7) is 0. The van der Waals surface area contributed by atoms with Crippen LogP contribution in [0.15, 0.2) is 162 Å². The van der Waals surface area contributed by atoms with E-state index < -0.39 is 0 Å². The molecule has 0 N–H and O–H groups in total. The molecule has 4 heterocycles. The summed E-state index contributed by atoms with van der Waals surface area (Å²) in [5, 5.41) is 6.96. The Morgan fingerprint density at radius 1 is 0.431 bits per heavy atom. The first kappa shape index (κ1) is 28.2. The van der Waals surface area contributed by atoms with Crippen molar-refractivity contribution in [2.24, 2.45) is 0 Å². The minimum absolute atomic E-state index is 0.610. The van der Waals surface area contributed by atoms with E-state index in [9.17, 15) is 0 Å². The minimum Gasteiger partial charge on any atom is -0.456 e. The quantitative estimate of drug-likeness (QED) is 0.187. The molecule has 11 rings (SSSR count). The van der Waals surface area contributed by atoms with Crippen LogP contribution in [0.2, 0.25) is 0 Å². The number of hydrogen-bond acceptors (Lipinski definition) is 5. The maximum atomic E-state index is 6.62. The van der Waals surface area contributed by atoms with Crippen molar-refractivity contribution in [3.63, 3.8) is 0 Å². The fourth-order valence-corrected chi connectivity index (χ4v) is 8.71. The molecule has 11 aromatic rings. The number of thiophene rings is 1. The highest BCUT2D eigenvalue weighted by Gasteiger charge is 2.21. The van der Waals surface area contributed by atoms with E-state index >= 15 is 0 Å². The van der Waals surface area contributed by atoms with Crippen molar-refractivity contribution in [2.75, 3.05) is 0 Å². The lowest BCUT2D eigenvalue weighted by molar-refractivity contribution is 0.669. The molecule has 0 radical (unpaired) electrons. The molecule has 0 fully saturated rings. The van der Waals surface area contributed by atoms with Gasteiger partial charge < -0.3 is 8.98 Å². The van der Waals surface area contributed by atoms with Crippen LogP contribution in [0.5, 0.6) is 0 Å². The summed E-state index contributed by atoms with van der Waals surface area (Å²) in [4.78, 5) is 15.2. The van der Waals surface area contributed by atoms with Crippen LogP contribution < -0.4 is 0 Å². The van der Waals surface area contributed by atoms with Crippen molar-refractivity contribution in [3.05, 3.63) is 158 Å². The third-order valence-electron chi connectivity index (χ3n) is 9.86. The van der Waals surface area contributed by atoms with Gasteiger partial charge in [-0.1, -0.05) is 109 Å². The first-order chi connectivity index (χ1) is 25.3. The molecule has 0 saturated carbocycles. The highest BCUT2D eigenvalue weighted by molar-refractivity contribution is 7.26. The van der Waals surface area contributed by atoms with Crippen LogP contribution in [0, 0.1) is 0 Å². The number of benzene rings is 7. The van der Waals surface area contributed by atoms with Gasteiger partial charge in [0.2, 0.25) is 0 Å². The van der Waals surface area contributed by atoms with Gasteiger partial charge in [0.1, 0.15) is 11.2 Å². The average molecular weight is 671 g/mol. The molecule has 0 aliphatic rings. The zero-order chi connectivity index (χ0) is 33.5. The summed E-state index contributed by atoms with van der Waals surface area (Å²) >= 11 is 1.81. The van der Waals surface area contributed by atoms with Gasteiger partial charge in [-0.25, -0.2) is 15.0 Å². The first-order valence-corrected chi connectivity index (χ1v) is 17.8. The molecule has 5 nitrogen and oxygen atoms in total. The molecule has 0 aliphatic heterocycles. The monoisotopic (exact) mass is 670 g/mol. The van der Waals surface area contributed by atoms with E-state index in [0.29, 0.717) is 17.5 Å². The van der Waals surface area contributed by atoms with Crippen molar-refractivity contribution >= 4 is 75.3 Å². The molecule has 0 amide bonds. The standard InChI is InChI=1S/C45H26N4OS/c1-3-12-27(13-4-1)43-46-44(28-14-5-2-6-15-28)48-45(47-43)32-18-11-21-36-40(32)42-37(50-36)23-25-39-41(42)33-26-29(22-24-38(33)51-39)49-34-19-9-7-16-30(34)31-17-8-10-20-35(31)49/h1-26H. The van der Waals surface area contributed by atoms with E-state index in [2.05, 4.69) is 89.5 Å². The van der Waals surface area contributed by atoms with Crippen LogP contribution in [-0.2, 0) is 0 Å². The highest BCUT2D eigenvalue weighted by atomic mass is 32.1. The third-order valence-corrected chi connectivity index (χ3v) is 11.0. The Morgan fingerprint density at radius 2 is 1.02 bits per heavy atom.